The van der Waals surface area contributed by atoms with Crippen LogP contribution in [0.1, 0.15) is 37.2 Å². The average Bonchev–Trinajstić information content (AvgIpc) is 2.69. The van der Waals surface area contributed by atoms with E-state index in [0.29, 0.717) is 18.9 Å². The Morgan fingerprint density at radius 3 is 2.58 bits per heavy atom. The van der Waals surface area contributed by atoms with Crippen LogP contribution in [0.15, 0.2) is 24.4 Å². The van der Waals surface area contributed by atoms with Crippen LogP contribution in [0.3, 0.4) is 0 Å². The van der Waals surface area contributed by atoms with Gasteiger partial charge in [-0.25, -0.2) is 0 Å². The molecule has 6 nitrogen and oxygen atoms in total. The summed E-state index contributed by atoms with van der Waals surface area (Å²) >= 11 is 0. The van der Waals surface area contributed by atoms with E-state index in [2.05, 4.69) is 28.6 Å². The molecule has 0 bridgehead atoms. The molecular weight excluding hydrogens is 330 g/mol. The SMILES string of the molecule is CC(C)OCCN1CCN(C2(C(=O)c3ccccn3)CCOCC2)CC1. The molecule has 0 unspecified atom stereocenters. The Labute approximate surface area is 156 Å². The molecule has 0 spiro atoms. The van der Waals surface area contributed by atoms with Gasteiger partial charge < -0.3 is 9.47 Å². The summed E-state index contributed by atoms with van der Waals surface area (Å²) in [7, 11) is 0. The Kier molecular flexibility index (Phi) is 6.75. The van der Waals surface area contributed by atoms with Crippen molar-refractivity contribution in [3.63, 3.8) is 0 Å². The number of carbonyl (C=O) groups excluding carboxylic acids is 1. The fourth-order valence-electron chi connectivity index (χ4n) is 3.95. The normalized spacial score (nSPS) is 21.8. The molecule has 0 aliphatic carbocycles. The molecule has 0 saturated carbocycles. The Balaban J connectivity index is 1.65. The highest BCUT2D eigenvalue weighted by Gasteiger charge is 2.46. The van der Waals surface area contributed by atoms with Crippen molar-refractivity contribution in [2.24, 2.45) is 0 Å². The number of piperazine rings is 1. The van der Waals surface area contributed by atoms with Gasteiger partial charge in [0.25, 0.3) is 0 Å². The summed E-state index contributed by atoms with van der Waals surface area (Å²) in [5, 5.41) is 0. The maximum Gasteiger partial charge on any atom is 0.201 e. The number of rotatable bonds is 7. The smallest absolute Gasteiger partial charge is 0.201 e. The number of hydrogen-bond donors (Lipinski definition) is 0. The monoisotopic (exact) mass is 361 g/mol. The molecule has 3 heterocycles. The van der Waals surface area contributed by atoms with Crippen molar-refractivity contribution < 1.29 is 14.3 Å². The van der Waals surface area contributed by atoms with Crippen LogP contribution < -0.4 is 0 Å². The molecule has 0 N–H and O–H groups in total. The molecule has 6 heteroatoms. The Bertz CT molecular complexity index is 565. The average molecular weight is 361 g/mol. The zero-order valence-electron chi connectivity index (χ0n) is 16.0. The number of ether oxygens (including phenoxy) is 2. The van der Waals surface area contributed by atoms with Crippen molar-refractivity contribution in [3.05, 3.63) is 30.1 Å². The highest BCUT2D eigenvalue weighted by atomic mass is 16.5. The van der Waals surface area contributed by atoms with Gasteiger partial charge in [-0.15, -0.1) is 0 Å². The van der Waals surface area contributed by atoms with Gasteiger partial charge in [0.05, 0.1) is 18.2 Å². The van der Waals surface area contributed by atoms with Crippen molar-refractivity contribution in [2.75, 3.05) is 52.5 Å². The number of hydrogen-bond acceptors (Lipinski definition) is 6. The predicted molar refractivity (Wildman–Crippen MR) is 100 cm³/mol. The lowest BCUT2D eigenvalue weighted by Gasteiger charge is -2.48. The fourth-order valence-corrected chi connectivity index (χ4v) is 3.95. The topological polar surface area (TPSA) is 54.9 Å². The van der Waals surface area contributed by atoms with Crippen molar-refractivity contribution in [1.29, 1.82) is 0 Å². The molecule has 3 rings (SSSR count). The summed E-state index contributed by atoms with van der Waals surface area (Å²) in [6, 6.07) is 5.57. The Morgan fingerprint density at radius 2 is 1.96 bits per heavy atom. The lowest BCUT2D eigenvalue weighted by molar-refractivity contribution is -0.0367. The quantitative estimate of drug-likeness (QED) is 0.691. The molecule has 2 saturated heterocycles. The van der Waals surface area contributed by atoms with Gasteiger partial charge in [-0.3, -0.25) is 19.6 Å². The van der Waals surface area contributed by atoms with Crippen molar-refractivity contribution in [1.82, 2.24) is 14.8 Å². The first kappa shape index (κ1) is 19.4. The van der Waals surface area contributed by atoms with Crippen LogP contribution >= 0.6 is 0 Å². The molecule has 0 atom stereocenters. The molecular formula is C20H31N3O3. The molecule has 2 aliphatic heterocycles. The minimum atomic E-state index is -0.465. The Hall–Kier alpha value is -1.34. The molecule has 2 aliphatic rings. The molecule has 0 aromatic carbocycles. The lowest BCUT2D eigenvalue weighted by atomic mass is 9.81. The zero-order chi connectivity index (χ0) is 18.4. The van der Waals surface area contributed by atoms with Gasteiger partial charge >= 0.3 is 0 Å². The first-order chi connectivity index (χ1) is 12.6. The standard InChI is InChI=1S/C20H31N3O3/c1-17(2)26-16-13-22-9-11-23(12-10-22)20(6-14-25-15-7-20)19(24)18-5-3-4-8-21-18/h3-5,8,17H,6-7,9-16H2,1-2H3. The largest absolute Gasteiger partial charge is 0.381 e. The number of carbonyl (C=O) groups is 1. The van der Waals surface area contributed by atoms with E-state index in [4.69, 9.17) is 9.47 Å². The zero-order valence-corrected chi connectivity index (χ0v) is 16.0. The van der Waals surface area contributed by atoms with Gasteiger partial charge in [0.15, 0.2) is 0 Å². The van der Waals surface area contributed by atoms with Gasteiger partial charge in [-0.2, -0.15) is 0 Å². The maximum absolute atomic E-state index is 13.4. The highest BCUT2D eigenvalue weighted by Crippen LogP contribution is 2.32. The molecule has 26 heavy (non-hydrogen) atoms. The fraction of sp³-hybridized carbons (Fsp3) is 0.700. The third-order valence-corrected chi connectivity index (χ3v) is 5.48. The third-order valence-electron chi connectivity index (χ3n) is 5.48. The van der Waals surface area contributed by atoms with Gasteiger partial charge in [0.1, 0.15) is 5.69 Å². The lowest BCUT2D eigenvalue weighted by Crippen LogP contribution is -2.63. The summed E-state index contributed by atoms with van der Waals surface area (Å²) in [5.41, 5.74) is 0.106. The number of nitrogens with zero attached hydrogens (tertiary/aromatic N) is 3. The number of Topliss-reactive ketones (excluding diaryl/α,β-unsaturated/α-hetero) is 1. The van der Waals surface area contributed by atoms with E-state index in [1.807, 2.05) is 18.2 Å². The van der Waals surface area contributed by atoms with Gasteiger partial charge in [0, 0.05) is 52.1 Å². The van der Waals surface area contributed by atoms with Crippen LogP contribution in [0.5, 0.6) is 0 Å². The van der Waals surface area contributed by atoms with E-state index in [1.165, 1.54) is 0 Å². The number of pyridine rings is 1. The molecule has 1 aromatic rings. The van der Waals surface area contributed by atoms with Crippen LogP contribution in [-0.4, -0.2) is 84.8 Å². The number of ketones is 1. The van der Waals surface area contributed by atoms with E-state index >= 15 is 0 Å². The summed E-state index contributed by atoms with van der Waals surface area (Å²) in [5.74, 6) is 0.151. The van der Waals surface area contributed by atoms with Crippen LogP contribution in [0, 0.1) is 0 Å². The number of aromatic nitrogens is 1. The predicted octanol–water partition coefficient (Wildman–Crippen LogP) is 1.86. The van der Waals surface area contributed by atoms with E-state index in [0.717, 1.165) is 52.2 Å². The Morgan fingerprint density at radius 1 is 1.23 bits per heavy atom. The molecule has 0 radical (unpaired) electrons. The molecule has 144 valence electrons. The second-order valence-corrected chi connectivity index (χ2v) is 7.44. The van der Waals surface area contributed by atoms with Crippen LogP contribution in [0.2, 0.25) is 0 Å². The molecule has 1 aromatic heterocycles. The summed E-state index contributed by atoms with van der Waals surface area (Å²) in [6.07, 6.45) is 3.47. The van der Waals surface area contributed by atoms with Gasteiger partial charge in [0.2, 0.25) is 5.78 Å². The van der Waals surface area contributed by atoms with Gasteiger partial charge in [-0.05, 0) is 38.8 Å². The molecule has 0 amide bonds. The highest BCUT2D eigenvalue weighted by molar-refractivity contribution is 6.01. The summed E-state index contributed by atoms with van der Waals surface area (Å²) in [6.45, 7) is 10.9. The first-order valence-electron chi connectivity index (χ1n) is 9.74. The van der Waals surface area contributed by atoms with E-state index in [9.17, 15) is 4.79 Å². The van der Waals surface area contributed by atoms with Crippen LogP contribution in [0.25, 0.3) is 0 Å². The van der Waals surface area contributed by atoms with Crippen molar-refractivity contribution in [3.8, 4) is 0 Å². The van der Waals surface area contributed by atoms with E-state index in [1.54, 1.807) is 6.20 Å². The minimum absolute atomic E-state index is 0.151. The maximum atomic E-state index is 13.4. The van der Waals surface area contributed by atoms with Crippen molar-refractivity contribution in [2.45, 2.75) is 38.3 Å². The third kappa shape index (κ3) is 4.49. The minimum Gasteiger partial charge on any atom is -0.381 e. The van der Waals surface area contributed by atoms with Gasteiger partial charge in [-0.1, -0.05) is 6.07 Å². The van der Waals surface area contributed by atoms with Crippen LogP contribution in [0.4, 0.5) is 0 Å². The second kappa shape index (κ2) is 9.04. The summed E-state index contributed by atoms with van der Waals surface area (Å²) < 4.78 is 11.2. The second-order valence-electron chi connectivity index (χ2n) is 7.44. The molecule has 2 fully saturated rings. The van der Waals surface area contributed by atoms with Crippen molar-refractivity contribution >= 4 is 5.78 Å². The van der Waals surface area contributed by atoms with E-state index in [-0.39, 0.29) is 11.9 Å². The first-order valence-corrected chi connectivity index (χ1v) is 9.74. The van der Waals surface area contributed by atoms with E-state index < -0.39 is 5.54 Å². The van der Waals surface area contributed by atoms with Crippen LogP contribution in [-0.2, 0) is 9.47 Å². The summed E-state index contributed by atoms with van der Waals surface area (Å²) in [4.78, 5) is 22.5.